The number of methoxy groups -OCH3 is 1. The summed E-state index contributed by atoms with van der Waals surface area (Å²) in [6, 6.07) is 17.0. The van der Waals surface area contributed by atoms with Crippen LogP contribution in [0.15, 0.2) is 54.6 Å². The number of amides is 2. The number of halogens is 1. The van der Waals surface area contributed by atoms with Crippen LogP contribution in [0.3, 0.4) is 0 Å². The number of para-hydroxylation sites is 1. The SMILES string of the molecule is COCCCNC(=O)CN1CCN(C(=O)c2cc(-c3ccc(Cl)cc3)nc3ccccc23)CC1. The van der Waals surface area contributed by atoms with Gasteiger partial charge in [0.1, 0.15) is 0 Å². The van der Waals surface area contributed by atoms with E-state index in [1.165, 1.54) is 0 Å². The first-order valence-electron chi connectivity index (χ1n) is 11.5. The molecule has 8 heteroatoms. The van der Waals surface area contributed by atoms with Crippen LogP contribution in [-0.2, 0) is 9.53 Å². The summed E-state index contributed by atoms with van der Waals surface area (Å²) in [5, 5.41) is 4.40. The normalized spacial score (nSPS) is 14.4. The maximum absolute atomic E-state index is 13.6. The van der Waals surface area contributed by atoms with Gasteiger partial charge in [-0.3, -0.25) is 14.5 Å². The third kappa shape index (κ3) is 5.91. The van der Waals surface area contributed by atoms with Gasteiger partial charge in [-0.05, 0) is 30.7 Å². The molecule has 1 aliphatic heterocycles. The molecule has 0 aliphatic carbocycles. The third-order valence-electron chi connectivity index (χ3n) is 5.96. The molecule has 1 aromatic heterocycles. The van der Waals surface area contributed by atoms with Gasteiger partial charge in [0.05, 0.1) is 23.3 Å². The van der Waals surface area contributed by atoms with Crippen molar-refractivity contribution in [1.82, 2.24) is 20.1 Å². The van der Waals surface area contributed by atoms with Crippen LogP contribution in [0.1, 0.15) is 16.8 Å². The van der Waals surface area contributed by atoms with Crippen molar-refractivity contribution in [2.75, 3.05) is 53.0 Å². The molecule has 34 heavy (non-hydrogen) atoms. The molecule has 178 valence electrons. The average Bonchev–Trinajstić information content (AvgIpc) is 2.86. The Kier molecular flexibility index (Phi) is 8.11. The van der Waals surface area contributed by atoms with Crippen LogP contribution in [0.5, 0.6) is 0 Å². The van der Waals surface area contributed by atoms with Gasteiger partial charge in [0.15, 0.2) is 0 Å². The Bertz CT molecular complexity index is 1140. The Morgan fingerprint density at radius 1 is 1.06 bits per heavy atom. The molecule has 4 rings (SSSR count). The highest BCUT2D eigenvalue weighted by molar-refractivity contribution is 6.30. The minimum absolute atomic E-state index is 0.00335. The number of ether oxygens (including phenoxy) is 1. The number of benzene rings is 2. The summed E-state index contributed by atoms with van der Waals surface area (Å²) in [6.45, 7) is 4.04. The van der Waals surface area contributed by atoms with E-state index >= 15 is 0 Å². The lowest BCUT2D eigenvalue weighted by Crippen LogP contribution is -2.51. The Balaban J connectivity index is 1.45. The van der Waals surface area contributed by atoms with E-state index in [4.69, 9.17) is 21.3 Å². The van der Waals surface area contributed by atoms with Crippen molar-refractivity contribution >= 4 is 34.3 Å². The highest BCUT2D eigenvalue weighted by atomic mass is 35.5. The Morgan fingerprint density at radius 2 is 1.79 bits per heavy atom. The van der Waals surface area contributed by atoms with Gasteiger partial charge in [0.25, 0.3) is 5.91 Å². The fourth-order valence-electron chi connectivity index (χ4n) is 4.10. The fourth-order valence-corrected chi connectivity index (χ4v) is 4.23. The molecule has 1 saturated heterocycles. The van der Waals surface area contributed by atoms with Gasteiger partial charge in [0.2, 0.25) is 5.91 Å². The lowest BCUT2D eigenvalue weighted by atomic mass is 10.0. The zero-order valence-electron chi connectivity index (χ0n) is 19.3. The predicted octanol–water partition coefficient (Wildman–Crippen LogP) is 3.47. The molecule has 1 aliphatic rings. The van der Waals surface area contributed by atoms with Crippen LogP contribution >= 0.6 is 11.6 Å². The van der Waals surface area contributed by atoms with Gasteiger partial charge >= 0.3 is 0 Å². The van der Waals surface area contributed by atoms with E-state index in [0.717, 1.165) is 28.6 Å². The van der Waals surface area contributed by atoms with Crippen molar-refractivity contribution in [2.24, 2.45) is 0 Å². The van der Waals surface area contributed by atoms with Crippen LogP contribution in [-0.4, -0.2) is 79.6 Å². The van der Waals surface area contributed by atoms with Crippen LogP contribution < -0.4 is 5.32 Å². The molecule has 1 fully saturated rings. The highest BCUT2D eigenvalue weighted by Gasteiger charge is 2.25. The number of carbonyl (C=O) groups excluding carboxylic acids is 2. The second-order valence-corrected chi connectivity index (χ2v) is 8.78. The minimum Gasteiger partial charge on any atom is -0.385 e. The zero-order chi connectivity index (χ0) is 23.9. The molecular weight excluding hydrogens is 452 g/mol. The second-order valence-electron chi connectivity index (χ2n) is 8.34. The summed E-state index contributed by atoms with van der Waals surface area (Å²) >= 11 is 6.04. The molecule has 0 saturated carbocycles. The quantitative estimate of drug-likeness (QED) is 0.500. The molecule has 2 heterocycles. The van der Waals surface area contributed by atoms with E-state index in [0.29, 0.717) is 56.5 Å². The molecule has 1 N–H and O–H groups in total. The highest BCUT2D eigenvalue weighted by Crippen LogP contribution is 2.27. The summed E-state index contributed by atoms with van der Waals surface area (Å²) in [6.07, 6.45) is 0.794. The molecular formula is C26H29ClN4O3. The van der Waals surface area contributed by atoms with Gasteiger partial charge in [0, 0.05) is 62.4 Å². The summed E-state index contributed by atoms with van der Waals surface area (Å²) in [7, 11) is 1.65. The molecule has 0 unspecified atom stereocenters. The standard InChI is InChI=1S/C26H29ClN4O3/c1-34-16-4-11-28-25(32)18-30-12-14-31(15-13-30)26(33)22-17-24(19-7-9-20(27)10-8-19)29-23-6-3-2-5-21(22)23/h2-3,5-10,17H,4,11-16,18H2,1H3,(H,28,32). The number of aromatic nitrogens is 1. The van der Waals surface area contributed by atoms with E-state index < -0.39 is 0 Å². The van der Waals surface area contributed by atoms with Gasteiger partial charge in [-0.1, -0.05) is 41.9 Å². The maximum atomic E-state index is 13.6. The number of hydrogen-bond donors (Lipinski definition) is 1. The predicted molar refractivity (Wildman–Crippen MR) is 134 cm³/mol. The van der Waals surface area contributed by atoms with E-state index in [1.807, 2.05) is 59.5 Å². The lowest BCUT2D eigenvalue weighted by molar-refractivity contribution is -0.122. The van der Waals surface area contributed by atoms with Crippen molar-refractivity contribution in [3.63, 3.8) is 0 Å². The summed E-state index contributed by atoms with van der Waals surface area (Å²) in [5.41, 5.74) is 3.06. The third-order valence-corrected chi connectivity index (χ3v) is 6.21. The number of carbonyl (C=O) groups is 2. The van der Waals surface area contributed by atoms with Gasteiger partial charge in [-0.2, -0.15) is 0 Å². The van der Waals surface area contributed by atoms with E-state index in [1.54, 1.807) is 7.11 Å². The molecule has 0 bridgehead atoms. The first-order valence-corrected chi connectivity index (χ1v) is 11.9. The molecule has 2 aromatic carbocycles. The molecule has 0 spiro atoms. The Hall–Kier alpha value is -3.00. The number of nitrogens with one attached hydrogen (secondary N) is 1. The van der Waals surface area contributed by atoms with Crippen LogP contribution in [0.2, 0.25) is 5.02 Å². The lowest BCUT2D eigenvalue weighted by Gasteiger charge is -2.34. The number of rotatable bonds is 8. The smallest absolute Gasteiger partial charge is 0.254 e. The summed E-state index contributed by atoms with van der Waals surface area (Å²) in [4.78, 5) is 34.4. The fraction of sp³-hybridized carbons (Fsp3) is 0.346. The van der Waals surface area contributed by atoms with Crippen LogP contribution in [0.25, 0.3) is 22.2 Å². The van der Waals surface area contributed by atoms with Crippen molar-refractivity contribution in [3.8, 4) is 11.3 Å². The topological polar surface area (TPSA) is 74.8 Å². The molecule has 2 amide bonds. The Morgan fingerprint density at radius 3 is 2.53 bits per heavy atom. The first-order chi connectivity index (χ1) is 16.5. The van der Waals surface area contributed by atoms with E-state index in [-0.39, 0.29) is 11.8 Å². The summed E-state index contributed by atoms with van der Waals surface area (Å²) < 4.78 is 5.00. The van der Waals surface area contributed by atoms with Crippen LogP contribution in [0.4, 0.5) is 0 Å². The molecule has 7 nitrogen and oxygen atoms in total. The summed E-state index contributed by atoms with van der Waals surface area (Å²) in [5.74, 6) is -0.0129. The number of pyridine rings is 1. The van der Waals surface area contributed by atoms with Crippen molar-refractivity contribution in [2.45, 2.75) is 6.42 Å². The number of piperazine rings is 1. The van der Waals surface area contributed by atoms with Crippen molar-refractivity contribution in [1.29, 1.82) is 0 Å². The minimum atomic E-state index is -0.0162. The zero-order valence-corrected chi connectivity index (χ0v) is 20.1. The largest absolute Gasteiger partial charge is 0.385 e. The van der Waals surface area contributed by atoms with Crippen molar-refractivity contribution < 1.29 is 14.3 Å². The van der Waals surface area contributed by atoms with Crippen molar-refractivity contribution in [3.05, 3.63) is 65.2 Å². The van der Waals surface area contributed by atoms with Gasteiger partial charge in [-0.25, -0.2) is 4.98 Å². The molecule has 0 radical (unpaired) electrons. The van der Waals surface area contributed by atoms with Crippen LogP contribution in [0, 0.1) is 0 Å². The number of nitrogens with zero attached hydrogens (tertiary/aromatic N) is 3. The van der Waals surface area contributed by atoms with Gasteiger partial charge in [-0.15, -0.1) is 0 Å². The maximum Gasteiger partial charge on any atom is 0.254 e. The van der Waals surface area contributed by atoms with Gasteiger partial charge < -0.3 is 15.0 Å². The first kappa shape index (κ1) is 24.1. The monoisotopic (exact) mass is 480 g/mol. The average molecular weight is 481 g/mol. The van der Waals surface area contributed by atoms with E-state index in [9.17, 15) is 9.59 Å². The second kappa shape index (κ2) is 11.4. The molecule has 0 atom stereocenters. The number of fused-ring (bicyclic) bond motifs is 1. The number of hydrogen-bond acceptors (Lipinski definition) is 5. The Labute approximate surface area is 204 Å². The van der Waals surface area contributed by atoms with E-state index in [2.05, 4.69) is 10.2 Å². The molecule has 3 aromatic rings.